The first-order valence-corrected chi connectivity index (χ1v) is 11.2. The SMILES string of the molecule is CCOC(=O)N1N=C(c2ccc([N+](=O)[O-])cc2)N(Cc2ccccc2)C1C=NCc1ccccc1. The Bertz CT molecular complexity index is 1210. The smallest absolute Gasteiger partial charge is 0.432 e. The molecule has 35 heavy (non-hydrogen) atoms. The van der Waals surface area contributed by atoms with E-state index < -0.39 is 17.2 Å². The highest BCUT2D eigenvalue weighted by molar-refractivity contribution is 6.02. The van der Waals surface area contributed by atoms with Crippen LogP contribution in [0.1, 0.15) is 23.6 Å². The number of aliphatic imine (C=N–C) groups is 1. The number of carbonyl (C=O) groups is 1. The normalized spacial score (nSPS) is 15.3. The van der Waals surface area contributed by atoms with Gasteiger partial charge in [0.05, 0.1) is 18.1 Å². The van der Waals surface area contributed by atoms with Gasteiger partial charge in [-0.3, -0.25) is 15.1 Å². The molecule has 0 aliphatic carbocycles. The van der Waals surface area contributed by atoms with Crippen molar-refractivity contribution in [3.8, 4) is 0 Å². The van der Waals surface area contributed by atoms with Crippen LogP contribution in [0.25, 0.3) is 0 Å². The number of non-ortho nitro benzene ring substituents is 1. The van der Waals surface area contributed by atoms with Crippen molar-refractivity contribution >= 4 is 23.8 Å². The van der Waals surface area contributed by atoms with Gasteiger partial charge in [-0.15, -0.1) is 5.10 Å². The number of hydrogen-bond acceptors (Lipinski definition) is 7. The second-order valence-corrected chi connectivity index (χ2v) is 7.77. The molecule has 4 rings (SSSR count). The Morgan fingerprint density at radius 1 is 1.03 bits per heavy atom. The molecule has 0 radical (unpaired) electrons. The van der Waals surface area contributed by atoms with E-state index >= 15 is 0 Å². The second kappa shape index (κ2) is 11.1. The molecule has 1 aliphatic heterocycles. The Labute approximate surface area is 203 Å². The van der Waals surface area contributed by atoms with E-state index in [1.165, 1.54) is 17.1 Å². The van der Waals surface area contributed by atoms with E-state index in [1.54, 1.807) is 25.3 Å². The molecule has 9 nitrogen and oxygen atoms in total. The number of rotatable bonds is 8. The summed E-state index contributed by atoms with van der Waals surface area (Å²) in [4.78, 5) is 30.0. The molecular formula is C26H25N5O4. The van der Waals surface area contributed by atoms with Crippen molar-refractivity contribution in [3.63, 3.8) is 0 Å². The van der Waals surface area contributed by atoms with Crippen molar-refractivity contribution in [2.75, 3.05) is 6.61 Å². The predicted octanol–water partition coefficient (Wildman–Crippen LogP) is 4.83. The molecule has 178 valence electrons. The Morgan fingerprint density at radius 3 is 2.26 bits per heavy atom. The number of benzene rings is 3. The van der Waals surface area contributed by atoms with Crippen LogP contribution >= 0.6 is 0 Å². The molecule has 3 aromatic carbocycles. The predicted molar refractivity (Wildman–Crippen MR) is 133 cm³/mol. The average molecular weight is 472 g/mol. The topological polar surface area (TPSA) is 101 Å². The number of nitrogens with zero attached hydrogens (tertiary/aromatic N) is 5. The lowest BCUT2D eigenvalue weighted by atomic mass is 10.1. The summed E-state index contributed by atoms with van der Waals surface area (Å²) in [7, 11) is 0. The molecule has 1 atom stereocenters. The van der Waals surface area contributed by atoms with Gasteiger partial charge in [-0.1, -0.05) is 60.7 Å². The summed E-state index contributed by atoms with van der Waals surface area (Å²) in [5.74, 6) is 0.493. The fourth-order valence-electron chi connectivity index (χ4n) is 3.70. The summed E-state index contributed by atoms with van der Waals surface area (Å²) >= 11 is 0. The highest BCUT2D eigenvalue weighted by atomic mass is 16.6. The van der Waals surface area contributed by atoms with E-state index in [1.807, 2.05) is 65.6 Å². The summed E-state index contributed by atoms with van der Waals surface area (Å²) in [5, 5.41) is 17.0. The Morgan fingerprint density at radius 2 is 1.66 bits per heavy atom. The van der Waals surface area contributed by atoms with Crippen molar-refractivity contribution in [2.24, 2.45) is 10.1 Å². The maximum absolute atomic E-state index is 12.8. The minimum absolute atomic E-state index is 0.0230. The third kappa shape index (κ3) is 5.70. The molecule has 0 saturated heterocycles. The summed E-state index contributed by atoms with van der Waals surface area (Å²) in [6.07, 6.45) is 0.455. The van der Waals surface area contributed by atoms with Crippen LogP contribution in [0.4, 0.5) is 10.5 Å². The summed E-state index contributed by atoms with van der Waals surface area (Å²) < 4.78 is 5.26. The zero-order valence-electron chi connectivity index (χ0n) is 19.2. The van der Waals surface area contributed by atoms with Crippen LogP contribution in [0, 0.1) is 10.1 Å². The van der Waals surface area contributed by atoms with Gasteiger partial charge < -0.3 is 9.64 Å². The van der Waals surface area contributed by atoms with Crippen LogP contribution in [0.15, 0.2) is 95.0 Å². The highest BCUT2D eigenvalue weighted by Crippen LogP contribution is 2.25. The standard InChI is InChI=1S/C26H25N5O4/c1-2-35-26(32)30-24(18-27-17-20-9-5-3-6-10-20)29(19-21-11-7-4-8-12-21)25(28-30)22-13-15-23(16-14-22)31(33)34/h3-16,18,24H,2,17,19H2,1H3. The van der Waals surface area contributed by atoms with Crippen molar-refractivity contribution in [1.82, 2.24) is 9.91 Å². The zero-order chi connectivity index (χ0) is 24.6. The first-order chi connectivity index (χ1) is 17.1. The largest absolute Gasteiger partial charge is 0.448 e. The summed E-state index contributed by atoms with van der Waals surface area (Å²) in [5.41, 5.74) is 2.66. The quantitative estimate of drug-likeness (QED) is 0.266. The number of amidine groups is 1. The van der Waals surface area contributed by atoms with Gasteiger partial charge in [0.25, 0.3) is 5.69 Å². The Kier molecular flexibility index (Phi) is 7.47. The van der Waals surface area contributed by atoms with Crippen LogP contribution in [0.2, 0.25) is 0 Å². The van der Waals surface area contributed by atoms with Gasteiger partial charge in [0.15, 0.2) is 12.0 Å². The lowest BCUT2D eigenvalue weighted by Gasteiger charge is -2.28. The number of amides is 1. The summed E-state index contributed by atoms with van der Waals surface area (Å²) in [6.45, 7) is 2.81. The van der Waals surface area contributed by atoms with Gasteiger partial charge in [0.1, 0.15) is 0 Å². The Balaban J connectivity index is 1.70. The fourth-order valence-corrected chi connectivity index (χ4v) is 3.70. The van der Waals surface area contributed by atoms with E-state index in [-0.39, 0.29) is 12.3 Å². The lowest BCUT2D eigenvalue weighted by Crippen LogP contribution is -2.45. The molecule has 0 fully saturated rings. The number of hydrogen-bond donors (Lipinski definition) is 0. The minimum atomic E-state index is -0.636. The molecule has 1 unspecified atom stereocenters. The van der Waals surface area contributed by atoms with Gasteiger partial charge in [0, 0.05) is 30.5 Å². The maximum Gasteiger partial charge on any atom is 0.432 e. The van der Waals surface area contributed by atoms with Crippen molar-refractivity contribution in [3.05, 3.63) is 112 Å². The van der Waals surface area contributed by atoms with Crippen LogP contribution in [0.5, 0.6) is 0 Å². The molecule has 0 aromatic heterocycles. The van der Waals surface area contributed by atoms with Gasteiger partial charge >= 0.3 is 6.09 Å². The van der Waals surface area contributed by atoms with Gasteiger partial charge in [-0.25, -0.2) is 4.79 Å². The van der Waals surface area contributed by atoms with Gasteiger partial charge in [0.2, 0.25) is 0 Å². The number of nitro benzene ring substituents is 1. The number of hydrazone groups is 1. The fraction of sp³-hybridized carbons (Fsp3) is 0.192. The third-order valence-electron chi connectivity index (χ3n) is 5.39. The van der Waals surface area contributed by atoms with Crippen LogP contribution < -0.4 is 0 Å². The molecule has 0 spiro atoms. The van der Waals surface area contributed by atoms with Crippen LogP contribution in [-0.2, 0) is 17.8 Å². The van der Waals surface area contributed by atoms with E-state index in [9.17, 15) is 14.9 Å². The molecule has 0 N–H and O–H groups in total. The molecule has 3 aromatic rings. The van der Waals surface area contributed by atoms with Gasteiger partial charge in [-0.05, 0) is 30.2 Å². The van der Waals surface area contributed by atoms with E-state index in [4.69, 9.17) is 4.74 Å². The molecule has 1 aliphatic rings. The first-order valence-electron chi connectivity index (χ1n) is 11.2. The van der Waals surface area contributed by atoms with Crippen LogP contribution in [-0.4, -0.2) is 45.7 Å². The second-order valence-electron chi connectivity index (χ2n) is 7.77. The first kappa shape index (κ1) is 23.6. The lowest BCUT2D eigenvalue weighted by molar-refractivity contribution is -0.384. The number of carbonyl (C=O) groups excluding carboxylic acids is 1. The number of nitro groups is 1. The highest BCUT2D eigenvalue weighted by Gasteiger charge is 2.38. The van der Waals surface area contributed by atoms with Crippen molar-refractivity contribution < 1.29 is 14.5 Å². The zero-order valence-corrected chi connectivity index (χ0v) is 19.2. The van der Waals surface area contributed by atoms with E-state index in [2.05, 4.69) is 10.1 Å². The molecule has 0 saturated carbocycles. The third-order valence-corrected chi connectivity index (χ3v) is 5.39. The van der Waals surface area contributed by atoms with E-state index in [0.717, 1.165) is 11.1 Å². The molecular weight excluding hydrogens is 446 g/mol. The van der Waals surface area contributed by atoms with Crippen molar-refractivity contribution in [2.45, 2.75) is 26.2 Å². The summed E-state index contributed by atoms with van der Waals surface area (Å²) in [6, 6.07) is 25.7. The molecule has 1 heterocycles. The monoisotopic (exact) mass is 471 g/mol. The van der Waals surface area contributed by atoms with Crippen molar-refractivity contribution in [1.29, 1.82) is 0 Å². The number of ether oxygens (including phenoxy) is 1. The van der Waals surface area contributed by atoms with E-state index in [0.29, 0.717) is 24.5 Å². The average Bonchev–Trinajstić information content (AvgIpc) is 3.23. The molecule has 1 amide bonds. The molecule has 9 heteroatoms. The maximum atomic E-state index is 12.8. The van der Waals surface area contributed by atoms with Gasteiger partial charge in [-0.2, -0.15) is 5.01 Å². The molecule has 0 bridgehead atoms. The minimum Gasteiger partial charge on any atom is -0.448 e. The van der Waals surface area contributed by atoms with Crippen LogP contribution in [0.3, 0.4) is 0 Å². The Hall–Kier alpha value is -4.53.